The van der Waals surface area contributed by atoms with Gasteiger partial charge in [-0.3, -0.25) is 4.79 Å². The van der Waals surface area contributed by atoms with E-state index in [0.717, 1.165) is 22.3 Å². The zero-order chi connectivity index (χ0) is 25.8. The first-order chi connectivity index (χ1) is 14.6. The molecule has 0 saturated heterocycles. The van der Waals surface area contributed by atoms with Crippen LogP contribution in [0.2, 0.25) is 0 Å². The quantitative estimate of drug-likeness (QED) is 0.511. The van der Waals surface area contributed by atoms with E-state index in [1.54, 1.807) is 0 Å². The van der Waals surface area contributed by atoms with Crippen LogP contribution in [0.4, 0.5) is 0 Å². The summed E-state index contributed by atoms with van der Waals surface area (Å²) in [6.07, 6.45) is 0. The first-order valence-electron chi connectivity index (χ1n) is 12.2. The Labute approximate surface area is 202 Å². The molecule has 0 unspecified atom stereocenters. The summed E-state index contributed by atoms with van der Waals surface area (Å²) >= 11 is 0. The number of carboxylic acids is 1. The molecule has 0 saturated carbocycles. The van der Waals surface area contributed by atoms with Crippen LogP contribution in [0.1, 0.15) is 123 Å². The molecular formula is C31H46O2. The van der Waals surface area contributed by atoms with Gasteiger partial charge in [0.25, 0.3) is 0 Å². The van der Waals surface area contributed by atoms with Crippen molar-refractivity contribution in [3.05, 3.63) is 69.8 Å². The van der Waals surface area contributed by atoms with Crippen molar-refractivity contribution in [2.24, 2.45) is 0 Å². The molecule has 0 heterocycles. The Balaban J connectivity index is 3.00. The van der Waals surface area contributed by atoms with E-state index in [9.17, 15) is 9.90 Å². The summed E-state index contributed by atoms with van der Waals surface area (Å²) in [5.74, 6) is -0.814. The summed E-state index contributed by atoms with van der Waals surface area (Å²) in [5, 5.41) is 10.8. The van der Waals surface area contributed by atoms with Gasteiger partial charge in [-0.15, -0.1) is 0 Å². The Morgan fingerprint density at radius 2 is 0.818 bits per heavy atom. The van der Waals surface area contributed by atoms with Crippen molar-refractivity contribution in [2.75, 3.05) is 0 Å². The van der Waals surface area contributed by atoms with Gasteiger partial charge in [0.15, 0.2) is 0 Å². The molecule has 182 valence electrons. The van der Waals surface area contributed by atoms with E-state index in [1.165, 1.54) is 11.1 Å². The molecule has 2 aromatic carbocycles. The van der Waals surface area contributed by atoms with Crippen molar-refractivity contribution in [1.29, 1.82) is 0 Å². The largest absolute Gasteiger partial charge is 0.480 e. The lowest BCUT2D eigenvalue weighted by Crippen LogP contribution is -2.39. The monoisotopic (exact) mass is 450 g/mol. The van der Waals surface area contributed by atoms with Gasteiger partial charge in [-0.2, -0.15) is 0 Å². The minimum atomic E-state index is -1.17. The van der Waals surface area contributed by atoms with E-state index >= 15 is 0 Å². The number of carboxylic acid groups (broad SMARTS) is 1. The molecule has 0 fully saturated rings. The standard InChI is InChI=1S/C31H46O2/c1-27(2,3)20-14-16-22(24(18-20)29(7,8)9)31(13,26(32)33)23-17-15-21(28(4,5)6)19-25(23)30(10,11)12/h14-19H,1-13H3,(H,32,33). The highest BCUT2D eigenvalue weighted by molar-refractivity contribution is 5.87. The van der Waals surface area contributed by atoms with Gasteiger partial charge in [0, 0.05) is 0 Å². The first kappa shape index (κ1) is 27.2. The number of rotatable bonds is 3. The van der Waals surface area contributed by atoms with E-state index < -0.39 is 11.4 Å². The molecule has 1 N–H and O–H groups in total. The molecule has 0 aromatic heterocycles. The summed E-state index contributed by atoms with van der Waals surface area (Å²) in [6.45, 7) is 28.1. The molecule has 33 heavy (non-hydrogen) atoms. The van der Waals surface area contributed by atoms with Crippen molar-refractivity contribution in [1.82, 2.24) is 0 Å². The normalized spacial score (nSPS) is 13.8. The van der Waals surface area contributed by atoms with Crippen molar-refractivity contribution in [2.45, 2.75) is 117 Å². The highest BCUT2D eigenvalue weighted by Crippen LogP contribution is 2.45. The van der Waals surface area contributed by atoms with E-state index in [-0.39, 0.29) is 21.7 Å². The zero-order valence-electron chi connectivity index (χ0n) is 23.3. The predicted molar refractivity (Wildman–Crippen MR) is 142 cm³/mol. The number of hydrogen-bond acceptors (Lipinski definition) is 1. The fourth-order valence-electron chi connectivity index (χ4n) is 4.51. The highest BCUT2D eigenvalue weighted by Gasteiger charge is 2.44. The average Bonchev–Trinajstić information content (AvgIpc) is 2.63. The number of aliphatic carboxylic acids is 1. The van der Waals surface area contributed by atoms with E-state index in [1.807, 2.05) is 6.92 Å². The maximum Gasteiger partial charge on any atom is 0.318 e. The van der Waals surface area contributed by atoms with Gasteiger partial charge in [-0.1, -0.05) is 119 Å². The van der Waals surface area contributed by atoms with E-state index in [4.69, 9.17) is 0 Å². The fraction of sp³-hybridized carbons (Fsp3) is 0.581. The van der Waals surface area contributed by atoms with Crippen LogP contribution in [-0.2, 0) is 31.9 Å². The van der Waals surface area contributed by atoms with Crippen LogP contribution >= 0.6 is 0 Å². The van der Waals surface area contributed by atoms with Gasteiger partial charge >= 0.3 is 5.97 Å². The van der Waals surface area contributed by atoms with Crippen LogP contribution < -0.4 is 0 Å². The molecule has 2 heteroatoms. The second kappa shape index (κ2) is 8.29. The Bertz CT molecular complexity index is 953. The fourth-order valence-corrected chi connectivity index (χ4v) is 4.51. The van der Waals surface area contributed by atoms with Gasteiger partial charge in [-0.25, -0.2) is 0 Å². The summed E-state index contributed by atoms with van der Waals surface area (Å²) in [5.41, 5.74) is 4.82. The molecule has 0 radical (unpaired) electrons. The Morgan fingerprint density at radius 1 is 0.515 bits per heavy atom. The van der Waals surface area contributed by atoms with Gasteiger partial charge in [0.2, 0.25) is 0 Å². The third kappa shape index (κ3) is 5.36. The van der Waals surface area contributed by atoms with Crippen LogP contribution in [0, 0.1) is 0 Å². The Morgan fingerprint density at radius 3 is 1.03 bits per heavy atom. The van der Waals surface area contributed by atoms with Crippen molar-refractivity contribution >= 4 is 5.97 Å². The third-order valence-corrected chi connectivity index (χ3v) is 6.89. The zero-order valence-corrected chi connectivity index (χ0v) is 23.3. The lowest BCUT2D eigenvalue weighted by molar-refractivity contribution is -0.141. The smallest absolute Gasteiger partial charge is 0.318 e. The second-order valence-electron chi connectivity index (χ2n) is 14.0. The summed E-state index contributed by atoms with van der Waals surface area (Å²) < 4.78 is 0. The van der Waals surface area contributed by atoms with Crippen molar-refractivity contribution in [3.63, 3.8) is 0 Å². The molecule has 0 spiro atoms. The van der Waals surface area contributed by atoms with E-state index in [2.05, 4.69) is 119 Å². The molecule has 2 nitrogen and oxygen atoms in total. The Hall–Kier alpha value is -2.09. The number of carbonyl (C=O) groups is 1. The maximum atomic E-state index is 13.1. The minimum absolute atomic E-state index is 0.0108. The average molecular weight is 451 g/mol. The molecule has 0 aliphatic rings. The van der Waals surface area contributed by atoms with E-state index in [0.29, 0.717) is 0 Å². The number of benzene rings is 2. The topological polar surface area (TPSA) is 37.3 Å². The first-order valence-corrected chi connectivity index (χ1v) is 12.2. The van der Waals surface area contributed by atoms with Crippen LogP contribution in [-0.4, -0.2) is 11.1 Å². The highest BCUT2D eigenvalue weighted by atomic mass is 16.4. The Kier molecular flexibility index (Phi) is 6.82. The molecule has 0 aliphatic carbocycles. The van der Waals surface area contributed by atoms with Crippen LogP contribution in [0.5, 0.6) is 0 Å². The minimum Gasteiger partial charge on any atom is -0.480 e. The lowest BCUT2D eigenvalue weighted by atomic mass is 9.65. The molecule has 2 rings (SSSR count). The lowest BCUT2D eigenvalue weighted by Gasteiger charge is -2.38. The summed E-state index contributed by atoms with van der Waals surface area (Å²) in [6, 6.07) is 12.8. The van der Waals surface area contributed by atoms with Crippen LogP contribution in [0.25, 0.3) is 0 Å². The molecule has 2 aromatic rings. The van der Waals surface area contributed by atoms with Crippen LogP contribution in [0.15, 0.2) is 36.4 Å². The summed E-state index contributed by atoms with van der Waals surface area (Å²) in [4.78, 5) is 13.1. The molecule has 0 aliphatic heterocycles. The van der Waals surface area contributed by atoms with Crippen LogP contribution in [0.3, 0.4) is 0 Å². The maximum absolute atomic E-state index is 13.1. The third-order valence-electron chi connectivity index (χ3n) is 6.89. The molecule has 0 bridgehead atoms. The SMILES string of the molecule is CC(C)(C)c1ccc(C(C)(C(=O)O)c2ccc(C(C)(C)C)cc2C(C)(C)C)c(C(C)(C)C)c1. The van der Waals surface area contributed by atoms with Crippen molar-refractivity contribution in [3.8, 4) is 0 Å². The molecule has 0 amide bonds. The summed E-state index contributed by atoms with van der Waals surface area (Å²) in [7, 11) is 0. The molecular weight excluding hydrogens is 404 g/mol. The van der Waals surface area contributed by atoms with Gasteiger partial charge in [0.05, 0.1) is 0 Å². The number of hydrogen-bond donors (Lipinski definition) is 1. The predicted octanol–water partition coefficient (Wildman–Crippen LogP) is 8.27. The van der Waals surface area contributed by atoms with Gasteiger partial charge < -0.3 is 5.11 Å². The molecule has 0 atom stereocenters. The van der Waals surface area contributed by atoms with Gasteiger partial charge in [0.1, 0.15) is 5.41 Å². The second-order valence-corrected chi connectivity index (χ2v) is 14.0. The van der Waals surface area contributed by atoms with Crippen molar-refractivity contribution < 1.29 is 9.90 Å². The van der Waals surface area contributed by atoms with Gasteiger partial charge in [-0.05, 0) is 62.0 Å².